The Balaban J connectivity index is 2.31. The number of rotatable bonds is 7. The zero-order valence-corrected chi connectivity index (χ0v) is 10.6. The van der Waals surface area contributed by atoms with Gasteiger partial charge in [0.1, 0.15) is 5.82 Å². The Hall–Kier alpha value is -0.810. The fourth-order valence-electron chi connectivity index (χ4n) is 1.12. The molecule has 0 aliphatic rings. The number of aliphatic hydroxyl groups is 1. The molecule has 0 saturated heterocycles. The Morgan fingerprint density at radius 3 is 2.81 bits per heavy atom. The molecule has 4 nitrogen and oxygen atoms in total. The van der Waals surface area contributed by atoms with Crippen LogP contribution in [0.5, 0.6) is 0 Å². The molecule has 16 heavy (non-hydrogen) atoms. The van der Waals surface area contributed by atoms with Gasteiger partial charge in [0.2, 0.25) is 0 Å². The lowest BCUT2D eigenvalue weighted by Gasteiger charge is -2.07. The van der Waals surface area contributed by atoms with E-state index in [1.807, 2.05) is 13.8 Å². The van der Waals surface area contributed by atoms with E-state index in [2.05, 4.69) is 15.3 Å². The summed E-state index contributed by atoms with van der Waals surface area (Å²) in [5.74, 6) is 2.97. The van der Waals surface area contributed by atoms with Gasteiger partial charge in [-0.2, -0.15) is 11.8 Å². The van der Waals surface area contributed by atoms with Gasteiger partial charge in [-0.05, 0) is 18.6 Å². The Labute approximate surface area is 101 Å². The molecule has 0 saturated carbocycles. The van der Waals surface area contributed by atoms with E-state index >= 15 is 0 Å². The van der Waals surface area contributed by atoms with Gasteiger partial charge < -0.3 is 10.4 Å². The van der Waals surface area contributed by atoms with E-state index in [4.69, 9.17) is 5.11 Å². The summed E-state index contributed by atoms with van der Waals surface area (Å²) in [6, 6.07) is 0. The molecule has 0 fully saturated rings. The van der Waals surface area contributed by atoms with Crippen molar-refractivity contribution in [1.82, 2.24) is 9.97 Å². The predicted molar refractivity (Wildman–Crippen MR) is 68.6 cm³/mol. The highest BCUT2D eigenvalue weighted by Crippen LogP contribution is 2.13. The van der Waals surface area contributed by atoms with Crippen LogP contribution in [0, 0.1) is 5.92 Å². The van der Waals surface area contributed by atoms with Gasteiger partial charge >= 0.3 is 0 Å². The molecule has 1 atom stereocenters. The Bertz CT molecular complexity index is 292. The van der Waals surface area contributed by atoms with Crippen molar-refractivity contribution in [3.8, 4) is 0 Å². The van der Waals surface area contributed by atoms with Crippen LogP contribution in [0.3, 0.4) is 0 Å². The van der Waals surface area contributed by atoms with Gasteiger partial charge in [-0.25, -0.2) is 4.98 Å². The van der Waals surface area contributed by atoms with E-state index in [0.717, 1.165) is 29.6 Å². The third-order valence-electron chi connectivity index (χ3n) is 2.03. The second kappa shape index (κ2) is 7.46. The smallest absolute Gasteiger partial charge is 0.144 e. The summed E-state index contributed by atoms with van der Waals surface area (Å²) >= 11 is 1.78. The fraction of sp³-hybridized carbons (Fsp3) is 0.636. The first-order valence-corrected chi connectivity index (χ1v) is 6.65. The molecule has 5 heteroatoms. The lowest BCUT2D eigenvalue weighted by molar-refractivity contribution is 0.250. The van der Waals surface area contributed by atoms with Crippen molar-refractivity contribution in [3.05, 3.63) is 18.1 Å². The molecule has 1 aromatic heterocycles. The predicted octanol–water partition coefficient (Wildman–Crippen LogP) is 1.77. The molecule has 90 valence electrons. The van der Waals surface area contributed by atoms with Gasteiger partial charge in [-0.3, -0.25) is 4.98 Å². The van der Waals surface area contributed by atoms with Crippen LogP contribution in [0.25, 0.3) is 0 Å². The Morgan fingerprint density at radius 1 is 1.44 bits per heavy atom. The minimum atomic E-state index is 0.248. The molecule has 0 aliphatic heterocycles. The number of anilines is 1. The fourth-order valence-corrected chi connectivity index (χ4v) is 2.10. The van der Waals surface area contributed by atoms with E-state index in [0.29, 0.717) is 5.92 Å². The summed E-state index contributed by atoms with van der Waals surface area (Å²) in [4.78, 5) is 8.56. The molecule has 1 aromatic rings. The molecule has 0 amide bonds. The van der Waals surface area contributed by atoms with Crippen LogP contribution < -0.4 is 5.32 Å². The van der Waals surface area contributed by atoms with Crippen LogP contribution in [0.2, 0.25) is 0 Å². The molecule has 0 bridgehead atoms. The van der Waals surface area contributed by atoms with Crippen molar-refractivity contribution in [2.75, 3.05) is 24.2 Å². The monoisotopic (exact) mass is 241 g/mol. The van der Waals surface area contributed by atoms with Crippen LogP contribution >= 0.6 is 11.8 Å². The summed E-state index contributed by atoms with van der Waals surface area (Å²) in [5, 5.41) is 12.0. The van der Waals surface area contributed by atoms with Crippen LogP contribution in [0.1, 0.15) is 19.5 Å². The number of nitrogens with zero attached hydrogens (tertiary/aromatic N) is 2. The van der Waals surface area contributed by atoms with Crippen LogP contribution in [-0.2, 0) is 5.75 Å². The van der Waals surface area contributed by atoms with E-state index in [1.54, 1.807) is 24.2 Å². The second-order valence-corrected chi connectivity index (χ2v) is 4.76. The highest BCUT2D eigenvalue weighted by atomic mass is 32.2. The van der Waals surface area contributed by atoms with Crippen molar-refractivity contribution in [2.45, 2.75) is 19.6 Å². The van der Waals surface area contributed by atoms with Gasteiger partial charge in [-0.15, -0.1) is 0 Å². The third kappa shape index (κ3) is 4.81. The van der Waals surface area contributed by atoms with E-state index < -0.39 is 0 Å². The molecular formula is C11H19N3OS. The molecule has 0 radical (unpaired) electrons. The van der Waals surface area contributed by atoms with Gasteiger partial charge in [0, 0.05) is 18.9 Å². The summed E-state index contributed by atoms with van der Waals surface area (Å²) in [5.41, 5.74) is 0.983. The van der Waals surface area contributed by atoms with Crippen LogP contribution in [0.4, 0.5) is 5.82 Å². The summed E-state index contributed by atoms with van der Waals surface area (Å²) in [7, 11) is 0. The molecule has 1 unspecified atom stereocenters. The average molecular weight is 241 g/mol. The first kappa shape index (κ1) is 13.3. The largest absolute Gasteiger partial charge is 0.396 e. The minimum absolute atomic E-state index is 0.248. The lowest BCUT2D eigenvalue weighted by Crippen LogP contribution is -2.04. The van der Waals surface area contributed by atoms with Crippen LogP contribution in [-0.4, -0.2) is 34.0 Å². The number of hydrogen-bond donors (Lipinski definition) is 2. The molecule has 2 N–H and O–H groups in total. The summed E-state index contributed by atoms with van der Waals surface area (Å²) in [6.07, 6.45) is 3.56. The van der Waals surface area contributed by atoms with Gasteiger partial charge in [0.25, 0.3) is 0 Å². The lowest BCUT2D eigenvalue weighted by atomic mass is 10.2. The first-order valence-electron chi connectivity index (χ1n) is 5.49. The maximum Gasteiger partial charge on any atom is 0.144 e. The zero-order valence-electron chi connectivity index (χ0n) is 9.81. The number of hydrogen-bond acceptors (Lipinski definition) is 5. The van der Waals surface area contributed by atoms with E-state index in [9.17, 15) is 0 Å². The number of thioether (sulfide) groups is 1. The molecular weight excluding hydrogens is 222 g/mol. The van der Waals surface area contributed by atoms with Crippen molar-refractivity contribution in [3.63, 3.8) is 0 Å². The molecule has 0 aromatic carbocycles. The van der Waals surface area contributed by atoms with Crippen molar-refractivity contribution < 1.29 is 5.11 Å². The van der Waals surface area contributed by atoms with Crippen molar-refractivity contribution in [2.24, 2.45) is 5.92 Å². The number of nitrogens with one attached hydrogen (secondary N) is 1. The second-order valence-electron chi connectivity index (χ2n) is 3.73. The van der Waals surface area contributed by atoms with E-state index in [-0.39, 0.29) is 6.61 Å². The standard InChI is InChI=1S/C11H19N3OS/c1-3-12-11-5-13-10(4-14-11)8-16-7-9(2)6-15/h4-5,9,15H,3,6-8H2,1-2H3,(H,12,14). The average Bonchev–Trinajstić information content (AvgIpc) is 2.31. The van der Waals surface area contributed by atoms with Gasteiger partial charge in [0.05, 0.1) is 18.1 Å². The van der Waals surface area contributed by atoms with E-state index in [1.165, 1.54) is 0 Å². The summed E-state index contributed by atoms with van der Waals surface area (Å²) in [6.45, 7) is 5.17. The maximum absolute atomic E-state index is 8.88. The first-order chi connectivity index (χ1) is 7.76. The minimum Gasteiger partial charge on any atom is -0.396 e. The summed E-state index contributed by atoms with van der Waals surface area (Å²) < 4.78 is 0. The molecule has 0 aliphatic carbocycles. The number of aliphatic hydroxyl groups excluding tert-OH is 1. The topological polar surface area (TPSA) is 58.0 Å². The van der Waals surface area contributed by atoms with Crippen molar-refractivity contribution in [1.29, 1.82) is 0 Å². The molecule has 0 spiro atoms. The van der Waals surface area contributed by atoms with Gasteiger partial charge in [0.15, 0.2) is 0 Å². The Morgan fingerprint density at radius 2 is 2.25 bits per heavy atom. The normalized spacial score (nSPS) is 12.4. The quantitative estimate of drug-likeness (QED) is 0.762. The molecule has 1 rings (SSSR count). The highest BCUT2D eigenvalue weighted by molar-refractivity contribution is 7.98. The molecule has 1 heterocycles. The highest BCUT2D eigenvalue weighted by Gasteiger charge is 2.01. The number of aromatic nitrogens is 2. The SMILES string of the molecule is CCNc1cnc(CSCC(C)CO)cn1. The van der Waals surface area contributed by atoms with Crippen molar-refractivity contribution >= 4 is 17.6 Å². The Kier molecular flexibility index (Phi) is 6.18. The van der Waals surface area contributed by atoms with Gasteiger partial charge in [-0.1, -0.05) is 6.92 Å². The van der Waals surface area contributed by atoms with Crippen LogP contribution in [0.15, 0.2) is 12.4 Å². The zero-order chi connectivity index (χ0) is 11.8. The maximum atomic E-state index is 8.88. The third-order valence-corrected chi connectivity index (χ3v) is 3.33.